The number of rotatable bonds is 49. The van der Waals surface area contributed by atoms with Gasteiger partial charge in [-0.25, -0.2) is 4.57 Å². The van der Waals surface area contributed by atoms with E-state index in [4.69, 9.17) is 9.05 Å². The van der Waals surface area contributed by atoms with Crippen molar-refractivity contribution in [2.75, 3.05) is 40.9 Å². The van der Waals surface area contributed by atoms with Crippen molar-refractivity contribution < 1.29 is 32.9 Å². The van der Waals surface area contributed by atoms with Gasteiger partial charge in [-0.2, -0.15) is 0 Å². The Balaban J connectivity index is 4.16. The number of amides is 1. The zero-order chi connectivity index (χ0) is 45.7. The first-order valence-electron chi connectivity index (χ1n) is 26.7. The van der Waals surface area contributed by atoms with E-state index in [2.05, 4.69) is 43.5 Å². The number of phosphoric ester groups is 1. The maximum atomic E-state index is 13.0. The highest BCUT2D eigenvalue weighted by Crippen LogP contribution is 2.43. The molecule has 0 aromatic heterocycles. The number of nitrogens with zero attached hydrogens (tertiary/aromatic N) is 1. The highest BCUT2D eigenvalue weighted by molar-refractivity contribution is 7.47. The summed E-state index contributed by atoms with van der Waals surface area (Å²) in [7, 11) is 1.62. The van der Waals surface area contributed by atoms with Crippen molar-refractivity contribution in [3.8, 4) is 0 Å². The molecule has 0 saturated carbocycles. The Kier molecular flexibility index (Phi) is 44.4. The Morgan fingerprint density at radius 3 is 1.32 bits per heavy atom. The maximum Gasteiger partial charge on any atom is 0.472 e. The van der Waals surface area contributed by atoms with E-state index in [-0.39, 0.29) is 19.1 Å². The molecule has 368 valence electrons. The van der Waals surface area contributed by atoms with Gasteiger partial charge >= 0.3 is 7.82 Å². The summed E-state index contributed by atoms with van der Waals surface area (Å²) < 4.78 is 23.7. The molecule has 0 saturated heterocycles. The zero-order valence-corrected chi connectivity index (χ0v) is 42.8. The van der Waals surface area contributed by atoms with Crippen molar-refractivity contribution in [2.24, 2.45) is 0 Å². The van der Waals surface area contributed by atoms with Gasteiger partial charge < -0.3 is 19.8 Å². The lowest BCUT2D eigenvalue weighted by atomic mass is 10.0. The Morgan fingerprint density at radius 1 is 0.548 bits per heavy atom. The second-order valence-corrected chi connectivity index (χ2v) is 21.1. The molecule has 0 radical (unpaired) electrons. The molecule has 8 nitrogen and oxygen atoms in total. The fourth-order valence-corrected chi connectivity index (χ4v) is 8.70. The third kappa shape index (κ3) is 47.0. The van der Waals surface area contributed by atoms with Crippen molar-refractivity contribution in [1.29, 1.82) is 0 Å². The average molecular weight is 898 g/mol. The van der Waals surface area contributed by atoms with E-state index in [0.29, 0.717) is 23.9 Å². The molecule has 3 atom stereocenters. The highest BCUT2D eigenvalue weighted by Gasteiger charge is 2.28. The minimum absolute atomic E-state index is 0.0759. The molecule has 0 aromatic rings. The van der Waals surface area contributed by atoms with E-state index in [1.54, 1.807) is 0 Å². The van der Waals surface area contributed by atoms with Gasteiger partial charge in [0.2, 0.25) is 5.91 Å². The minimum Gasteiger partial charge on any atom is -0.391 e. The molecule has 0 aliphatic heterocycles. The molecule has 1 amide bonds. The van der Waals surface area contributed by atoms with Crippen LogP contribution < -0.4 is 5.32 Å². The van der Waals surface area contributed by atoms with Crippen LogP contribution >= 0.6 is 7.82 Å². The van der Waals surface area contributed by atoms with E-state index in [1.165, 1.54) is 186 Å². The lowest BCUT2D eigenvalue weighted by Crippen LogP contribution is -2.46. The standard InChI is InChI=1S/C53H105N2O6P/c1-6-8-10-12-14-16-18-20-22-23-24-25-26-27-28-29-30-31-33-35-37-39-41-43-45-47-53(57)54-51(50-61-62(58,59)60-49-48-55(3,4)5)52(56)46-44-42-40-38-36-34-32-21-19-17-15-13-11-9-7-2/h18,20,23-24,51-52,56H,6-17,19,21-22,25-50H2,1-5H3,(H-,54,57,58,59)/p+1/b20-18-,24-23-. The molecule has 0 spiro atoms. The molecule has 62 heavy (non-hydrogen) atoms. The molecule has 0 bridgehead atoms. The largest absolute Gasteiger partial charge is 0.472 e. The molecule has 0 aromatic carbocycles. The molecular formula is C53H106N2O6P+. The van der Waals surface area contributed by atoms with Crippen LogP contribution in [-0.2, 0) is 18.4 Å². The Bertz CT molecular complexity index is 1060. The summed E-state index contributed by atoms with van der Waals surface area (Å²) in [4.78, 5) is 23.3. The Hall–Kier alpha value is -1.02. The summed E-state index contributed by atoms with van der Waals surface area (Å²) in [5, 5.41) is 14.0. The zero-order valence-electron chi connectivity index (χ0n) is 41.9. The van der Waals surface area contributed by atoms with Crippen molar-refractivity contribution >= 4 is 13.7 Å². The molecule has 0 aliphatic rings. The topological polar surface area (TPSA) is 105 Å². The van der Waals surface area contributed by atoms with Crippen LogP contribution in [0.2, 0.25) is 0 Å². The van der Waals surface area contributed by atoms with E-state index in [0.717, 1.165) is 44.9 Å². The molecule has 9 heteroatoms. The minimum atomic E-state index is -4.32. The third-order valence-corrected chi connectivity index (χ3v) is 13.2. The van der Waals surface area contributed by atoms with Crippen molar-refractivity contribution in [1.82, 2.24) is 5.32 Å². The predicted molar refractivity (Wildman–Crippen MR) is 268 cm³/mol. The lowest BCUT2D eigenvalue weighted by molar-refractivity contribution is -0.870. The van der Waals surface area contributed by atoms with Gasteiger partial charge in [0.25, 0.3) is 0 Å². The summed E-state index contributed by atoms with van der Waals surface area (Å²) in [6, 6.07) is -0.758. The number of quaternary nitrogens is 1. The molecule has 0 aliphatic carbocycles. The monoisotopic (exact) mass is 898 g/mol. The van der Waals surface area contributed by atoms with Crippen LogP contribution in [0, 0.1) is 0 Å². The van der Waals surface area contributed by atoms with Crippen LogP contribution in [-0.4, -0.2) is 73.4 Å². The van der Waals surface area contributed by atoms with Crippen LogP contribution in [0.5, 0.6) is 0 Å². The smallest absolute Gasteiger partial charge is 0.391 e. The van der Waals surface area contributed by atoms with E-state index in [9.17, 15) is 19.4 Å². The highest BCUT2D eigenvalue weighted by atomic mass is 31.2. The third-order valence-electron chi connectivity index (χ3n) is 12.2. The predicted octanol–water partition coefficient (Wildman–Crippen LogP) is 15.6. The number of hydrogen-bond donors (Lipinski definition) is 3. The summed E-state index contributed by atoms with van der Waals surface area (Å²) in [5.41, 5.74) is 0. The van der Waals surface area contributed by atoms with Crippen molar-refractivity contribution in [3.63, 3.8) is 0 Å². The van der Waals surface area contributed by atoms with Gasteiger partial charge in [0.1, 0.15) is 13.2 Å². The second kappa shape index (κ2) is 45.1. The lowest BCUT2D eigenvalue weighted by Gasteiger charge is -2.26. The number of hydrogen-bond acceptors (Lipinski definition) is 5. The van der Waals surface area contributed by atoms with Crippen LogP contribution in [0.1, 0.15) is 258 Å². The van der Waals surface area contributed by atoms with Gasteiger partial charge in [-0.15, -0.1) is 0 Å². The van der Waals surface area contributed by atoms with Gasteiger partial charge in [0.15, 0.2) is 0 Å². The number of carbonyl (C=O) groups is 1. The van der Waals surface area contributed by atoms with Crippen LogP contribution in [0.25, 0.3) is 0 Å². The summed E-state index contributed by atoms with van der Waals surface area (Å²) in [5.74, 6) is -0.143. The number of aliphatic hydroxyl groups is 1. The summed E-state index contributed by atoms with van der Waals surface area (Å²) >= 11 is 0. The molecule has 3 unspecified atom stereocenters. The first-order chi connectivity index (χ1) is 30.0. The van der Waals surface area contributed by atoms with Crippen molar-refractivity contribution in [2.45, 2.75) is 270 Å². The van der Waals surface area contributed by atoms with E-state index < -0.39 is 20.0 Å². The Morgan fingerprint density at radius 2 is 0.919 bits per heavy atom. The number of carbonyl (C=O) groups excluding carboxylic acids is 1. The number of phosphoric acid groups is 1. The second-order valence-electron chi connectivity index (χ2n) is 19.6. The first kappa shape index (κ1) is 61.0. The van der Waals surface area contributed by atoms with Gasteiger partial charge in [-0.05, 0) is 44.9 Å². The fourth-order valence-electron chi connectivity index (χ4n) is 7.96. The van der Waals surface area contributed by atoms with Gasteiger partial charge in [-0.1, -0.05) is 231 Å². The molecular weight excluding hydrogens is 792 g/mol. The average Bonchev–Trinajstić information content (AvgIpc) is 3.23. The molecule has 0 fully saturated rings. The molecule has 0 rings (SSSR count). The summed E-state index contributed by atoms with van der Waals surface area (Å²) in [6.45, 7) is 4.90. The number of aliphatic hydroxyl groups excluding tert-OH is 1. The Labute approximate surface area is 385 Å². The van der Waals surface area contributed by atoms with Crippen LogP contribution in [0.4, 0.5) is 0 Å². The molecule has 3 N–H and O–H groups in total. The van der Waals surface area contributed by atoms with Gasteiger partial charge in [0, 0.05) is 6.42 Å². The molecule has 0 heterocycles. The summed E-state index contributed by atoms with van der Waals surface area (Å²) in [6.07, 6.45) is 55.0. The van der Waals surface area contributed by atoms with E-state index in [1.807, 2.05) is 21.1 Å². The number of unbranched alkanes of at least 4 members (excludes halogenated alkanes) is 32. The quantitative estimate of drug-likeness (QED) is 0.0243. The van der Waals surface area contributed by atoms with Crippen LogP contribution in [0.15, 0.2) is 24.3 Å². The number of likely N-dealkylation sites (N-methyl/N-ethyl adjacent to an activating group) is 1. The SMILES string of the molecule is CCCCCCC/C=C\C/C=C\CCCCCCCCCCCCCCCC(=O)NC(COP(=O)(O)OCC[N+](C)(C)C)C(O)CCCCCCCCCCCCCCCCC. The number of nitrogens with one attached hydrogen (secondary N) is 1. The number of allylic oxidation sites excluding steroid dienone is 4. The van der Waals surface area contributed by atoms with Crippen molar-refractivity contribution in [3.05, 3.63) is 24.3 Å². The van der Waals surface area contributed by atoms with Crippen LogP contribution in [0.3, 0.4) is 0 Å². The first-order valence-corrected chi connectivity index (χ1v) is 28.2. The van der Waals surface area contributed by atoms with Gasteiger partial charge in [-0.3, -0.25) is 13.8 Å². The van der Waals surface area contributed by atoms with E-state index >= 15 is 0 Å². The normalized spacial score (nSPS) is 14.2. The van der Waals surface area contributed by atoms with Gasteiger partial charge in [0.05, 0.1) is 39.9 Å². The maximum absolute atomic E-state index is 13.0. The fraction of sp³-hybridized carbons (Fsp3) is 0.906.